The van der Waals surface area contributed by atoms with Gasteiger partial charge in [-0.25, -0.2) is 9.18 Å². The molecule has 0 spiro atoms. The van der Waals surface area contributed by atoms with Crippen molar-refractivity contribution in [1.82, 2.24) is 0 Å². The van der Waals surface area contributed by atoms with E-state index in [1.807, 2.05) is 18.4 Å². The highest BCUT2D eigenvalue weighted by Gasteiger charge is 2.15. The van der Waals surface area contributed by atoms with Gasteiger partial charge in [0, 0.05) is 9.37 Å². The number of anilines is 1. The Morgan fingerprint density at radius 3 is 2.74 bits per heavy atom. The molecule has 2 aromatic rings. The van der Waals surface area contributed by atoms with Gasteiger partial charge in [-0.3, -0.25) is 4.79 Å². The third-order valence-corrected chi connectivity index (χ3v) is 4.15. The van der Waals surface area contributed by atoms with Crippen LogP contribution in [-0.2, 0) is 9.53 Å². The zero-order chi connectivity index (χ0) is 16.8. The number of nitrogens with one attached hydrogen (secondary N) is 1. The van der Waals surface area contributed by atoms with Crippen LogP contribution in [0, 0.1) is 5.82 Å². The van der Waals surface area contributed by atoms with Crippen molar-refractivity contribution < 1.29 is 18.7 Å². The smallest absolute Gasteiger partial charge is 0.341 e. The maximum atomic E-state index is 13.6. The van der Waals surface area contributed by atoms with Gasteiger partial charge in [-0.2, -0.15) is 0 Å². The van der Waals surface area contributed by atoms with Gasteiger partial charge in [0.15, 0.2) is 6.61 Å². The van der Waals surface area contributed by atoms with Crippen LogP contribution in [0.3, 0.4) is 0 Å². The number of para-hydroxylation sites is 1. The molecule has 0 aromatic heterocycles. The maximum absolute atomic E-state index is 13.6. The second-order valence-corrected chi connectivity index (χ2v) is 6.21. The molecule has 120 valence electrons. The molecule has 0 heterocycles. The minimum Gasteiger partial charge on any atom is -0.452 e. The monoisotopic (exact) mass is 397 g/mol. The zero-order valence-electron chi connectivity index (χ0n) is 12.1. The number of hydrogen-bond acceptors (Lipinski definition) is 4. The van der Waals surface area contributed by atoms with Crippen molar-refractivity contribution in [2.24, 2.45) is 0 Å². The van der Waals surface area contributed by atoms with E-state index in [-0.39, 0.29) is 5.56 Å². The van der Waals surface area contributed by atoms with E-state index in [2.05, 4.69) is 21.2 Å². The summed E-state index contributed by atoms with van der Waals surface area (Å²) >= 11 is 4.63. The molecule has 0 atom stereocenters. The first-order chi connectivity index (χ1) is 11.0. The van der Waals surface area contributed by atoms with Gasteiger partial charge in [0.25, 0.3) is 5.91 Å². The van der Waals surface area contributed by atoms with E-state index in [0.717, 1.165) is 11.0 Å². The predicted octanol–water partition coefficient (Wildman–Crippen LogP) is 4.11. The summed E-state index contributed by atoms with van der Waals surface area (Å²) in [6, 6.07) is 11.2. The summed E-state index contributed by atoms with van der Waals surface area (Å²) in [5, 5.41) is 2.65. The Kier molecular flexibility index (Phi) is 6.18. The highest BCUT2D eigenvalue weighted by molar-refractivity contribution is 9.10. The van der Waals surface area contributed by atoms with Crippen LogP contribution in [0.2, 0.25) is 0 Å². The predicted molar refractivity (Wildman–Crippen MR) is 91.2 cm³/mol. The fourth-order valence-electron chi connectivity index (χ4n) is 1.80. The van der Waals surface area contributed by atoms with Gasteiger partial charge >= 0.3 is 5.97 Å². The van der Waals surface area contributed by atoms with E-state index < -0.39 is 24.3 Å². The number of carbonyl (C=O) groups excluding carboxylic acids is 2. The lowest BCUT2D eigenvalue weighted by molar-refractivity contribution is -0.119. The van der Waals surface area contributed by atoms with Crippen molar-refractivity contribution in [1.29, 1.82) is 0 Å². The first kappa shape index (κ1) is 17.5. The summed E-state index contributed by atoms with van der Waals surface area (Å²) in [6.07, 6.45) is 1.89. The third kappa shape index (κ3) is 4.80. The molecular weight excluding hydrogens is 385 g/mol. The van der Waals surface area contributed by atoms with Crippen molar-refractivity contribution in [2.75, 3.05) is 18.2 Å². The first-order valence-electron chi connectivity index (χ1n) is 6.56. The van der Waals surface area contributed by atoms with Crippen LogP contribution in [0.15, 0.2) is 51.8 Å². The quantitative estimate of drug-likeness (QED) is 0.609. The lowest BCUT2D eigenvalue weighted by Crippen LogP contribution is -2.21. The molecule has 0 saturated heterocycles. The summed E-state index contributed by atoms with van der Waals surface area (Å²) in [5.41, 5.74) is 0.409. The van der Waals surface area contributed by atoms with Crippen LogP contribution in [0.5, 0.6) is 0 Å². The Balaban J connectivity index is 1.96. The molecule has 0 radical (unpaired) electrons. The highest BCUT2D eigenvalue weighted by Crippen LogP contribution is 2.24. The molecule has 0 fully saturated rings. The lowest BCUT2D eigenvalue weighted by Gasteiger charge is -2.10. The molecule has 23 heavy (non-hydrogen) atoms. The van der Waals surface area contributed by atoms with Crippen molar-refractivity contribution in [3.8, 4) is 0 Å². The molecule has 0 aliphatic heterocycles. The number of esters is 1. The molecule has 4 nitrogen and oxygen atoms in total. The Labute approximate surface area is 145 Å². The Morgan fingerprint density at radius 1 is 1.26 bits per heavy atom. The third-order valence-electron chi connectivity index (χ3n) is 2.86. The number of hydrogen-bond donors (Lipinski definition) is 1. The number of halogens is 2. The number of carbonyl (C=O) groups is 2. The Bertz CT molecular complexity index is 739. The summed E-state index contributed by atoms with van der Waals surface area (Å²) in [6.45, 7) is -0.493. The molecule has 0 unspecified atom stereocenters. The minimum atomic E-state index is -0.892. The van der Waals surface area contributed by atoms with E-state index in [1.54, 1.807) is 12.1 Å². The molecule has 7 heteroatoms. The van der Waals surface area contributed by atoms with Crippen LogP contribution >= 0.6 is 27.7 Å². The van der Waals surface area contributed by atoms with Gasteiger partial charge in [-0.05, 0) is 36.6 Å². The number of thioether (sulfide) groups is 1. The normalized spacial score (nSPS) is 10.2. The van der Waals surface area contributed by atoms with Gasteiger partial charge < -0.3 is 10.1 Å². The van der Waals surface area contributed by atoms with E-state index in [0.29, 0.717) is 10.2 Å². The minimum absolute atomic E-state index is 0.225. The van der Waals surface area contributed by atoms with Gasteiger partial charge in [0.05, 0.1) is 11.3 Å². The lowest BCUT2D eigenvalue weighted by atomic mass is 10.2. The zero-order valence-corrected chi connectivity index (χ0v) is 14.5. The van der Waals surface area contributed by atoms with Crippen molar-refractivity contribution in [3.63, 3.8) is 0 Å². The molecule has 2 rings (SSSR count). The largest absolute Gasteiger partial charge is 0.452 e. The summed E-state index contributed by atoms with van der Waals surface area (Å²) in [5.74, 6) is -2.08. The van der Waals surface area contributed by atoms with E-state index in [9.17, 15) is 14.0 Å². The van der Waals surface area contributed by atoms with E-state index >= 15 is 0 Å². The SMILES string of the molecule is CSc1ccccc1NC(=O)COC(=O)c1cc(Br)ccc1F. The number of rotatable bonds is 5. The fourth-order valence-corrected chi connectivity index (χ4v) is 2.71. The second-order valence-electron chi connectivity index (χ2n) is 4.45. The second kappa shape index (κ2) is 8.12. The molecule has 0 bridgehead atoms. The van der Waals surface area contributed by atoms with Crippen molar-refractivity contribution >= 4 is 45.3 Å². The van der Waals surface area contributed by atoms with Crippen LogP contribution in [0.25, 0.3) is 0 Å². The molecule has 1 amide bonds. The van der Waals surface area contributed by atoms with Crippen LogP contribution < -0.4 is 5.32 Å². The van der Waals surface area contributed by atoms with Crippen LogP contribution in [0.1, 0.15) is 10.4 Å². The van der Waals surface area contributed by atoms with Crippen molar-refractivity contribution in [2.45, 2.75) is 4.90 Å². The standard InChI is InChI=1S/C16H13BrFNO3S/c1-23-14-5-3-2-4-13(14)19-15(20)9-22-16(21)11-8-10(17)6-7-12(11)18/h2-8H,9H2,1H3,(H,19,20). The Hall–Kier alpha value is -1.86. The number of amides is 1. The number of ether oxygens (including phenoxy) is 1. The average Bonchev–Trinajstić information content (AvgIpc) is 2.55. The average molecular weight is 398 g/mol. The van der Waals surface area contributed by atoms with Crippen molar-refractivity contribution in [3.05, 3.63) is 58.3 Å². The molecule has 1 N–H and O–H groups in total. The van der Waals surface area contributed by atoms with Gasteiger partial charge in [0.1, 0.15) is 5.82 Å². The first-order valence-corrected chi connectivity index (χ1v) is 8.58. The van der Waals surface area contributed by atoms with Crippen LogP contribution in [0.4, 0.5) is 10.1 Å². The van der Waals surface area contributed by atoms with E-state index in [1.165, 1.54) is 23.9 Å². The molecule has 0 aliphatic carbocycles. The van der Waals surface area contributed by atoms with Gasteiger partial charge in [0.2, 0.25) is 0 Å². The molecular formula is C16H13BrFNO3S. The van der Waals surface area contributed by atoms with Gasteiger partial charge in [-0.1, -0.05) is 28.1 Å². The molecule has 0 aliphatic rings. The van der Waals surface area contributed by atoms with Gasteiger partial charge in [-0.15, -0.1) is 11.8 Å². The summed E-state index contributed by atoms with van der Waals surface area (Å²) in [7, 11) is 0. The fraction of sp³-hybridized carbons (Fsp3) is 0.125. The summed E-state index contributed by atoms with van der Waals surface area (Å²) in [4.78, 5) is 24.6. The highest BCUT2D eigenvalue weighted by atomic mass is 79.9. The molecule has 0 saturated carbocycles. The maximum Gasteiger partial charge on any atom is 0.341 e. The van der Waals surface area contributed by atoms with Crippen LogP contribution in [-0.4, -0.2) is 24.7 Å². The summed E-state index contributed by atoms with van der Waals surface area (Å²) < 4.78 is 19.0. The topological polar surface area (TPSA) is 55.4 Å². The molecule has 2 aromatic carbocycles. The number of benzene rings is 2. The van der Waals surface area contributed by atoms with E-state index in [4.69, 9.17) is 4.74 Å². The Morgan fingerprint density at radius 2 is 2.00 bits per heavy atom.